The Labute approximate surface area is 101 Å². The van der Waals surface area contributed by atoms with Crippen molar-refractivity contribution in [2.45, 2.75) is 20.8 Å². The fourth-order valence-corrected chi connectivity index (χ4v) is 1.63. The Morgan fingerprint density at radius 2 is 2.00 bits per heavy atom. The summed E-state index contributed by atoms with van der Waals surface area (Å²) in [6.07, 6.45) is 0. The van der Waals surface area contributed by atoms with Crippen molar-refractivity contribution in [1.29, 1.82) is 0 Å². The Morgan fingerprint density at radius 1 is 1.47 bits per heavy atom. The third kappa shape index (κ3) is 4.59. The molecule has 0 aliphatic heterocycles. The zero-order valence-corrected chi connectivity index (χ0v) is 11.0. The highest BCUT2D eigenvalue weighted by Gasteiger charge is 2.32. The standard InChI is InChI=1S/C9H19N3O4S/c1-4-17(15,16)6-5-11-8(13)9(2,3)7(10)12-14/h14H,4-6H2,1-3H3,(H2,10,12)(H,11,13). The predicted molar refractivity (Wildman–Crippen MR) is 64.5 cm³/mol. The SMILES string of the molecule is CCS(=O)(=O)CCNC(=O)C(C)(C)C(N)=NO. The summed E-state index contributed by atoms with van der Waals surface area (Å²) in [6.45, 7) is 4.51. The number of oxime groups is 1. The zero-order chi connectivity index (χ0) is 13.7. The summed E-state index contributed by atoms with van der Waals surface area (Å²) in [6, 6.07) is 0. The number of carbonyl (C=O) groups excluding carboxylic acids is 1. The van der Waals surface area contributed by atoms with Crippen molar-refractivity contribution in [3.8, 4) is 0 Å². The molecule has 7 nitrogen and oxygen atoms in total. The second-order valence-electron chi connectivity index (χ2n) is 4.10. The van der Waals surface area contributed by atoms with Gasteiger partial charge < -0.3 is 16.3 Å². The van der Waals surface area contributed by atoms with Crippen molar-refractivity contribution >= 4 is 21.6 Å². The number of sulfone groups is 1. The highest BCUT2D eigenvalue weighted by atomic mass is 32.2. The third-order valence-corrected chi connectivity index (χ3v) is 4.16. The van der Waals surface area contributed by atoms with E-state index in [1.807, 2.05) is 0 Å². The predicted octanol–water partition coefficient (Wildman–Crippen LogP) is -0.690. The summed E-state index contributed by atoms with van der Waals surface area (Å²) in [5.74, 6) is -0.805. The molecule has 0 heterocycles. The lowest BCUT2D eigenvalue weighted by Gasteiger charge is -2.21. The molecule has 17 heavy (non-hydrogen) atoms. The Morgan fingerprint density at radius 3 is 2.41 bits per heavy atom. The fraction of sp³-hybridized carbons (Fsp3) is 0.778. The van der Waals surface area contributed by atoms with E-state index in [0.717, 1.165) is 0 Å². The van der Waals surface area contributed by atoms with E-state index in [4.69, 9.17) is 10.9 Å². The lowest BCUT2D eigenvalue weighted by Crippen LogP contribution is -2.46. The van der Waals surface area contributed by atoms with Crippen LogP contribution in [0, 0.1) is 5.41 Å². The molecule has 0 unspecified atom stereocenters. The minimum Gasteiger partial charge on any atom is -0.409 e. The Kier molecular flexibility index (Phi) is 5.40. The van der Waals surface area contributed by atoms with Gasteiger partial charge in [-0.1, -0.05) is 12.1 Å². The molecule has 8 heteroatoms. The Bertz CT molecular complexity index is 400. The average molecular weight is 265 g/mol. The summed E-state index contributed by atoms with van der Waals surface area (Å²) in [4.78, 5) is 11.7. The fourth-order valence-electron chi connectivity index (χ4n) is 0.927. The monoisotopic (exact) mass is 265 g/mol. The molecule has 0 aliphatic rings. The molecule has 0 aromatic carbocycles. The lowest BCUT2D eigenvalue weighted by molar-refractivity contribution is -0.126. The summed E-state index contributed by atoms with van der Waals surface area (Å²) < 4.78 is 22.4. The minimum atomic E-state index is -3.11. The average Bonchev–Trinajstić information content (AvgIpc) is 2.27. The van der Waals surface area contributed by atoms with Crippen LogP contribution in [0.5, 0.6) is 0 Å². The molecule has 0 bridgehead atoms. The van der Waals surface area contributed by atoms with Crippen LogP contribution in [0.2, 0.25) is 0 Å². The van der Waals surface area contributed by atoms with Gasteiger partial charge >= 0.3 is 0 Å². The number of carbonyl (C=O) groups is 1. The first-order valence-electron chi connectivity index (χ1n) is 5.14. The molecule has 0 radical (unpaired) electrons. The van der Waals surface area contributed by atoms with Crippen LogP contribution >= 0.6 is 0 Å². The van der Waals surface area contributed by atoms with Gasteiger partial charge in [-0.2, -0.15) is 0 Å². The number of hydrogen-bond donors (Lipinski definition) is 3. The van der Waals surface area contributed by atoms with Crippen LogP contribution in [0.25, 0.3) is 0 Å². The number of nitrogens with zero attached hydrogens (tertiary/aromatic N) is 1. The second-order valence-corrected chi connectivity index (χ2v) is 6.58. The van der Waals surface area contributed by atoms with Gasteiger partial charge in [-0.3, -0.25) is 4.79 Å². The quantitative estimate of drug-likeness (QED) is 0.254. The lowest BCUT2D eigenvalue weighted by atomic mass is 9.91. The van der Waals surface area contributed by atoms with Crippen LogP contribution in [0.15, 0.2) is 5.16 Å². The van der Waals surface area contributed by atoms with Crippen LogP contribution < -0.4 is 11.1 Å². The number of nitrogens with two attached hydrogens (primary N) is 1. The molecule has 0 rings (SSSR count). The van der Waals surface area contributed by atoms with Gasteiger partial charge in [0.15, 0.2) is 15.7 Å². The molecule has 1 amide bonds. The maximum absolute atomic E-state index is 11.7. The first-order valence-corrected chi connectivity index (χ1v) is 6.96. The van der Waals surface area contributed by atoms with Gasteiger partial charge in [0.25, 0.3) is 0 Å². The molecule has 100 valence electrons. The van der Waals surface area contributed by atoms with Gasteiger partial charge in [-0.25, -0.2) is 8.42 Å². The maximum Gasteiger partial charge on any atom is 0.233 e. The number of hydrogen-bond acceptors (Lipinski definition) is 5. The van der Waals surface area contributed by atoms with Crippen LogP contribution in [0.3, 0.4) is 0 Å². The van der Waals surface area contributed by atoms with Gasteiger partial charge in [0, 0.05) is 12.3 Å². The van der Waals surface area contributed by atoms with Gasteiger partial charge in [0.2, 0.25) is 5.91 Å². The van der Waals surface area contributed by atoms with Gasteiger partial charge in [0.1, 0.15) is 5.41 Å². The molecule has 0 fully saturated rings. The second kappa shape index (κ2) is 5.85. The van der Waals surface area contributed by atoms with E-state index in [-0.39, 0.29) is 23.9 Å². The van der Waals surface area contributed by atoms with E-state index in [1.165, 1.54) is 20.8 Å². The van der Waals surface area contributed by atoms with E-state index in [9.17, 15) is 13.2 Å². The number of nitrogens with one attached hydrogen (secondary N) is 1. The molecule has 4 N–H and O–H groups in total. The number of rotatable bonds is 6. The highest BCUT2D eigenvalue weighted by Crippen LogP contribution is 2.14. The first-order chi connectivity index (χ1) is 7.67. The van der Waals surface area contributed by atoms with Crippen LogP contribution in [0.4, 0.5) is 0 Å². The highest BCUT2D eigenvalue weighted by molar-refractivity contribution is 7.91. The van der Waals surface area contributed by atoms with E-state index >= 15 is 0 Å². The molecule has 0 saturated carbocycles. The van der Waals surface area contributed by atoms with Crippen molar-refractivity contribution in [1.82, 2.24) is 5.32 Å². The summed E-state index contributed by atoms with van der Waals surface area (Å²) in [5.41, 5.74) is 4.18. The molecule has 0 atom stereocenters. The molecule has 0 aromatic rings. The van der Waals surface area contributed by atoms with E-state index in [0.29, 0.717) is 0 Å². The van der Waals surface area contributed by atoms with Crippen LogP contribution in [0.1, 0.15) is 20.8 Å². The summed E-state index contributed by atoms with van der Waals surface area (Å²) >= 11 is 0. The normalized spacial score (nSPS) is 13.5. The number of amidine groups is 1. The van der Waals surface area contributed by atoms with Crippen molar-refractivity contribution in [3.63, 3.8) is 0 Å². The summed E-state index contributed by atoms with van der Waals surface area (Å²) in [5, 5.41) is 13.7. The number of amides is 1. The molecule has 0 aromatic heterocycles. The van der Waals surface area contributed by atoms with E-state index in [1.54, 1.807) is 0 Å². The van der Waals surface area contributed by atoms with Crippen molar-refractivity contribution in [2.24, 2.45) is 16.3 Å². The minimum absolute atomic E-state index is 0.0111. The summed E-state index contributed by atoms with van der Waals surface area (Å²) in [7, 11) is -3.11. The van der Waals surface area contributed by atoms with Gasteiger partial charge in [-0.05, 0) is 13.8 Å². The molecule has 0 spiro atoms. The van der Waals surface area contributed by atoms with E-state index in [2.05, 4.69) is 10.5 Å². The van der Waals surface area contributed by atoms with Gasteiger partial charge in [-0.15, -0.1) is 0 Å². The van der Waals surface area contributed by atoms with E-state index < -0.39 is 21.2 Å². The smallest absolute Gasteiger partial charge is 0.233 e. The van der Waals surface area contributed by atoms with Crippen molar-refractivity contribution in [3.05, 3.63) is 0 Å². The van der Waals surface area contributed by atoms with Crippen molar-refractivity contribution < 1.29 is 18.4 Å². The Hall–Kier alpha value is -1.31. The Balaban J connectivity index is 4.39. The maximum atomic E-state index is 11.7. The molecular formula is C9H19N3O4S. The third-order valence-electron chi connectivity index (χ3n) is 2.45. The van der Waals surface area contributed by atoms with Crippen molar-refractivity contribution in [2.75, 3.05) is 18.1 Å². The van der Waals surface area contributed by atoms with Crippen LogP contribution in [-0.2, 0) is 14.6 Å². The first kappa shape index (κ1) is 15.7. The zero-order valence-electron chi connectivity index (χ0n) is 10.2. The topological polar surface area (TPSA) is 122 Å². The molecular weight excluding hydrogens is 246 g/mol. The largest absolute Gasteiger partial charge is 0.409 e. The molecule has 0 aliphatic carbocycles. The van der Waals surface area contributed by atoms with Gasteiger partial charge in [0.05, 0.1) is 5.75 Å². The molecule has 0 saturated heterocycles. The van der Waals surface area contributed by atoms with Crippen LogP contribution in [-0.4, -0.2) is 43.4 Å².